The molecule has 0 heterocycles. The summed E-state index contributed by atoms with van der Waals surface area (Å²) in [4.78, 5) is 11.6. The van der Waals surface area contributed by atoms with Crippen molar-refractivity contribution in [2.24, 2.45) is 0 Å². The minimum Gasteiger partial charge on any atom is -0.508 e. The topological polar surface area (TPSA) is 69.6 Å². The summed E-state index contributed by atoms with van der Waals surface area (Å²) in [6.45, 7) is 1.45. The highest BCUT2D eigenvalue weighted by molar-refractivity contribution is 5.84. The molecule has 0 radical (unpaired) electrons. The Balaban J connectivity index is 2.42. The first-order valence-electron chi connectivity index (χ1n) is 5.98. The standard InChI is InChI=1S/C15H14FNO3/c1-15(14(19)20,10-4-2-7-13(18)8-10)17-12-6-3-5-11(16)9-12/h2-9,17-18H,1H3,(H,19,20). The number of carboxylic acid groups (broad SMARTS) is 1. The molecule has 104 valence electrons. The van der Waals surface area contributed by atoms with Crippen LogP contribution in [0.3, 0.4) is 0 Å². The van der Waals surface area contributed by atoms with Crippen LogP contribution in [0.4, 0.5) is 10.1 Å². The monoisotopic (exact) mass is 275 g/mol. The summed E-state index contributed by atoms with van der Waals surface area (Å²) in [6, 6.07) is 11.5. The molecule has 0 aromatic heterocycles. The first-order chi connectivity index (χ1) is 9.41. The summed E-state index contributed by atoms with van der Waals surface area (Å²) in [5.41, 5.74) is -0.764. The summed E-state index contributed by atoms with van der Waals surface area (Å²) in [7, 11) is 0. The first-order valence-corrected chi connectivity index (χ1v) is 5.98. The van der Waals surface area contributed by atoms with Gasteiger partial charge in [-0.15, -0.1) is 0 Å². The lowest BCUT2D eigenvalue weighted by molar-refractivity contribution is -0.142. The van der Waals surface area contributed by atoms with Crippen LogP contribution in [0.25, 0.3) is 0 Å². The maximum absolute atomic E-state index is 13.2. The van der Waals surface area contributed by atoms with Gasteiger partial charge in [0, 0.05) is 5.69 Å². The van der Waals surface area contributed by atoms with Crippen molar-refractivity contribution in [3.63, 3.8) is 0 Å². The third-order valence-corrected chi connectivity index (χ3v) is 3.07. The van der Waals surface area contributed by atoms with E-state index in [0.717, 1.165) is 0 Å². The molecule has 1 unspecified atom stereocenters. The molecule has 0 amide bonds. The van der Waals surface area contributed by atoms with Crippen LogP contribution in [0.1, 0.15) is 12.5 Å². The number of benzene rings is 2. The number of carbonyl (C=O) groups is 1. The molecule has 2 rings (SSSR count). The molecule has 0 spiro atoms. The molecule has 4 nitrogen and oxygen atoms in total. The van der Waals surface area contributed by atoms with Crippen molar-refractivity contribution in [1.29, 1.82) is 0 Å². The number of hydrogen-bond acceptors (Lipinski definition) is 3. The van der Waals surface area contributed by atoms with Crippen LogP contribution in [0.15, 0.2) is 48.5 Å². The van der Waals surface area contributed by atoms with Gasteiger partial charge in [0.15, 0.2) is 5.54 Å². The van der Waals surface area contributed by atoms with Gasteiger partial charge in [0.25, 0.3) is 0 Å². The predicted molar refractivity (Wildman–Crippen MR) is 73.1 cm³/mol. The number of phenolic OH excluding ortho intramolecular Hbond substituents is 1. The van der Waals surface area contributed by atoms with Crippen molar-refractivity contribution in [3.8, 4) is 5.75 Å². The fourth-order valence-corrected chi connectivity index (χ4v) is 1.92. The molecule has 0 aliphatic heterocycles. The van der Waals surface area contributed by atoms with Crippen LogP contribution < -0.4 is 5.32 Å². The van der Waals surface area contributed by atoms with E-state index in [1.54, 1.807) is 18.2 Å². The lowest BCUT2D eigenvalue weighted by Crippen LogP contribution is -2.40. The molecule has 0 fully saturated rings. The number of halogens is 1. The second kappa shape index (κ2) is 5.21. The summed E-state index contributed by atoms with van der Waals surface area (Å²) in [5.74, 6) is -1.62. The third-order valence-electron chi connectivity index (χ3n) is 3.07. The second-order valence-corrected chi connectivity index (χ2v) is 4.62. The van der Waals surface area contributed by atoms with Gasteiger partial charge in [-0.3, -0.25) is 0 Å². The van der Waals surface area contributed by atoms with E-state index in [1.165, 1.54) is 37.3 Å². The van der Waals surface area contributed by atoms with Gasteiger partial charge in [-0.25, -0.2) is 9.18 Å². The number of carboxylic acids is 1. The minimum atomic E-state index is -1.48. The van der Waals surface area contributed by atoms with Crippen molar-refractivity contribution in [2.75, 3.05) is 5.32 Å². The van der Waals surface area contributed by atoms with Crippen LogP contribution in [0.2, 0.25) is 0 Å². The third kappa shape index (κ3) is 2.71. The van der Waals surface area contributed by atoms with Gasteiger partial charge in [0.05, 0.1) is 0 Å². The van der Waals surface area contributed by atoms with Crippen LogP contribution in [0.5, 0.6) is 5.75 Å². The fraction of sp³-hybridized carbons (Fsp3) is 0.133. The van der Waals surface area contributed by atoms with Crippen LogP contribution in [-0.2, 0) is 10.3 Å². The molecule has 3 N–H and O–H groups in total. The van der Waals surface area contributed by atoms with Crippen LogP contribution in [-0.4, -0.2) is 16.2 Å². The zero-order valence-corrected chi connectivity index (χ0v) is 10.8. The van der Waals surface area contributed by atoms with Gasteiger partial charge >= 0.3 is 5.97 Å². The number of aliphatic carboxylic acids is 1. The van der Waals surface area contributed by atoms with Gasteiger partial charge < -0.3 is 15.5 Å². The Hall–Kier alpha value is -2.56. The van der Waals surface area contributed by atoms with Crippen molar-refractivity contribution < 1.29 is 19.4 Å². The van der Waals surface area contributed by atoms with Gasteiger partial charge in [-0.05, 0) is 42.8 Å². The predicted octanol–water partition coefficient (Wildman–Crippen LogP) is 2.94. The molecule has 0 saturated heterocycles. The Morgan fingerprint density at radius 3 is 2.50 bits per heavy atom. The van der Waals surface area contributed by atoms with E-state index in [9.17, 15) is 19.4 Å². The van der Waals surface area contributed by atoms with Gasteiger partial charge in [0.1, 0.15) is 11.6 Å². The van der Waals surface area contributed by atoms with Gasteiger partial charge in [-0.1, -0.05) is 18.2 Å². The number of phenols is 1. The second-order valence-electron chi connectivity index (χ2n) is 4.62. The largest absolute Gasteiger partial charge is 0.508 e. The Kier molecular flexibility index (Phi) is 3.61. The zero-order chi connectivity index (χ0) is 14.8. The van der Waals surface area contributed by atoms with Gasteiger partial charge in [-0.2, -0.15) is 0 Å². The molecular weight excluding hydrogens is 261 g/mol. The minimum absolute atomic E-state index is 0.0315. The molecule has 2 aromatic rings. The van der Waals surface area contributed by atoms with Crippen molar-refractivity contribution >= 4 is 11.7 Å². The first kappa shape index (κ1) is 13.9. The van der Waals surface area contributed by atoms with Crippen LogP contribution in [0, 0.1) is 5.82 Å². The summed E-state index contributed by atoms with van der Waals surface area (Å²) >= 11 is 0. The Labute approximate surface area is 115 Å². The fourth-order valence-electron chi connectivity index (χ4n) is 1.92. The SMILES string of the molecule is CC(Nc1cccc(F)c1)(C(=O)O)c1cccc(O)c1. The molecular formula is C15H14FNO3. The number of rotatable bonds is 4. The molecule has 0 aliphatic carbocycles. The van der Waals surface area contributed by atoms with Crippen molar-refractivity contribution in [3.05, 3.63) is 59.9 Å². The quantitative estimate of drug-likeness (QED) is 0.802. The highest BCUT2D eigenvalue weighted by atomic mass is 19.1. The summed E-state index contributed by atoms with van der Waals surface area (Å²) in [6.07, 6.45) is 0. The van der Waals surface area contributed by atoms with E-state index in [2.05, 4.69) is 5.32 Å². The lowest BCUT2D eigenvalue weighted by Gasteiger charge is -2.28. The van der Waals surface area contributed by atoms with E-state index in [1.807, 2.05) is 0 Å². The Bertz CT molecular complexity index is 645. The summed E-state index contributed by atoms with van der Waals surface area (Å²) in [5, 5.41) is 21.7. The molecule has 0 saturated carbocycles. The van der Waals surface area contributed by atoms with E-state index >= 15 is 0 Å². The Morgan fingerprint density at radius 2 is 1.90 bits per heavy atom. The summed E-state index contributed by atoms with van der Waals surface area (Å²) < 4.78 is 13.2. The molecule has 0 bridgehead atoms. The maximum atomic E-state index is 13.2. The number of aromatic hydroxyl groups is 1. The smallest absolute Gasteiger partial charge is 0.333 e. The normalized spacial score (nSPS) is 13.5. The van der Waals surface area contributed by atoms with Crippen LogP contribution >= 0.6 is 0 Å². The van der Waals surface area contributed by atoms with Crippen molar-refractivity contribution in [2.45, 2.75) is 12.5 Å². The molecule has 5 heteroatoms. The number of hydrogen-bond donors (Lipinski definition) is 3. The lowest BCUT2D eigenvalue weighted by atomic mass is 9.91. The number of anilines is 1. The van der Waals surface area contributed by atoms with E-state index in [0.29, 0.717) is 11.3 Å². The highest BCUT2D eigenvalue weighted by Crippen LogP contribution is 2.29. The molecule has 0 aliphatic rings. The highest BCUT2D eigenvalue weighted by Gasteiger charge is 2.35. The maximum Gasteiger partial charge on any atom is 0.333 e. The van der Waals surface area contributed by atoms with E-state index in [4.69, 9.17) is 0 Å². The molecule has 1 atom stereocenters. The van der Waals surface area contributed by atoms with E-state index in [-0.39, 0.29) is 5.75 Å². The number of nitrogens with one attached hydrogen (secondary N) is 1. The van der Waals surface area contributed by atoms with E-state index < -0.39 is 17.3 Å². The molecule has 20 heavy (non-hydrogen) atoms. The van der Waals surface area contributed by atoms with Gasteiger partial charge in [0.2, 0.25) is 0 Å². The Morgan fingerprint density at radius 1 is 1.20 bits per heavy atom. The molecule has 2 aromatic carbocycles. The average molecular weight is 275 g/mol. The van der Waals surface area contributed by atoms with Crippen molar-refractivity contribution in [1.82, 2.24) is 0 Å². The zero-order valence-electron chi connectivity index (χ0n) is 10.8. The average Bonchev–Trinajstić information content (AvgIpc) is 2.38.